The topological polar surface area (TPSA) is 0 Å². The van der Waals surface area contributed by atoms with Crippen LogP contribution < -0.4 is 47.6 Å². The van der Waals surface area contributed by atoms with Crippen molar-refractivity contribution < 1.29 is 34.1 Å². The van der Waals surface area contributed by atoms with Gasteiger partial charge in [0, 0.05) is 34.1 Å². The number of hydrogen-bond donors (Lipinski definition) is 0. The van der Waals surface area contributed by atoms with Crippen LogP contribution in [-0.4, -0.2) is 82.0 Å². The maximum Gasteiger partial charge on any atom is 0 e. The minimum Gasteiger partial charge on any atom is 0 e. The van der Waals surface area contributed by atoms with E-state index in [2.05, 4.69) is 211 Å². The second kappa shape index (κ2) is 22.7. The van der Waals surface area contributed by atoms with Gasteiger partial charge in [0.15, 0.2) is 0 Å². The third kappa shape index (κ3) is 11.6. The molecule has 0 unspecified atom stereocenters. The van der Waals surface area contributed by atoms with Crippen molar-refractivity contribution in [2.75, 3.05) is 53.3 Å². The van der Waals surface area contributed by atoms with E-state index in [1.54, 1.807) is 47.6 Å². The summed E-state index contributed by atoms with van der Waals surface area (Å²) in [6.45, 7) is 19.4. The molecule has 0 aromatic heterocycles. The summed E-state index contributed by atoms with van der Waals surface area (Å²) in [6.07, 6.45) is 0. The van der Waals surface area contributed by atoms with Gasteiger partial charge in [-0.05, 0) is 0 Å². The van der Waals surface area contributed by atoms with E-state index in [0.29, 0.717) is 0 Å². The van der Waals surface area contributed by atoms with Crippen molar-refractivity contribution in [2.45, 2.75) is 0 Å². The van der Waals surface area contributed by atoms with Crippen LogP contribution in [0.15, 0.2) is 158 Å². The maximum atomic E-state index is 2.42. The van der Waals surface area contributed by atoms with Gasteiger partial charge >= 0.3 is 319 Å². The van der Waals surface area contributed by atoms with Gasteiger partial charge in [-0.25, -0.2) is 0 Å². The molecule has 276 valence electrons. The molecule has 6 aromatic rings. The van der Waals surface area contributed by atoms with Crippen molar-refractivity contribution in [2.24, 2.45) is 0 Å². The third-order valence-corrected chi connectivity index (χ3v) is 29.2. The molecule has 52 heavy (non-hydrogen) atoms. The Bertz CT molecular complexity index is 1710. The van der Waals surface area contributed by atoms with Crippen molar-refractivity contribution in [1.29, 1.82) is 0 Å². The molecule has 0 heterocycles. The predicted molar refractivity (Wildman–Crippen MR) is 247 cm³/mol. The fourth-order valence-electron chi connectivity index (χ4n) is 6.67. The fraction of sp³-hybridized carbons (Fsp3) is 0.182. The summed E-state index contributed by atoms with van der Waals surface area (Å²) in [4.78, 5) is 0. The maximum absolute atomic E-state index is 2.42. The van der Waals surface area contributed by atoms with Crippen LogP contribution in [0.5, 0.6) is 0 Å². The fourth-order valence-corrected chi connectivity index (χ4v) is 31.0. The van der Waals surface area contributed by atoms with Gasteiger partial charge in [-0.2, -0.15) is 0 Å². The Morgan fingerprint density at radius 3 is 0.673 bits per heavy atom. The zero-order valence-corrected chi connectivity index (χ0v) is 41.7. The normalized spacial score (nSPS) is 11.0. The molecule has 0 aliphatic rings. The van der Waals surface area contributed by atoms with Crippen LogP contribution in [0.4, 0.5) is 0 Å². The summed E-state index contributed by atoms with van der Waals surface area (Å²) in [7, 11) is -1.93. The van der Waals surface area contributed by atoms with E-state index in [1.807, 2.05) is 0 Å². The quantitative estimate of drug-likeness (QED) is 0.137. The largest absolute Gasteiger partial charge is 0 e. The summed E-state index contributed by atoms with van der Waals surface area (Å²) >= 11 is -3.61. The molecule has 0 fully saturated rings. The smallest absolute Gasteiger partial charge is 0 e. The van der Waals surface area contributed by atoms with Gasteiger partial charge in [-0.15, -0.1) is 0 Å². The minimum absolute atomic E-state index is 0. The molecule has 0 saturated heterocycles. The predicted octanol–water partition coefficient (Wildman–Crippen LogP) is 4.80. The Kier molecular flexibility index (Phi) is 19.8. The van der Waals surface area contributed by atoms with Crippen LogP contribution in [0.3, 0.4) is 0 Å². The van der Waals surface area contributed by atoms with E-state index in [1.165, 1.54) is 0 Å². The molecular weight excluding hydrogens is 925 g/mol. The molecule has 0 amide bonds. The van der Waals surface area contributed by atoms with Crippen LogP contribution >= 0.6 is 31.7 Å². The van der Waals surface area contributed by atoms with Crippen LogP contribution in [0.25, 0.3) is 0 Å². The molecular formula is C44H54Cu2Ge2P4+4. The first kappa shape index (κ1) is 45.6. The minimum atomic E-state index is -1.80. The van der Waals surface area contributed by atoms with Gasteiger partial charge in [0.2, 0.25) is 0 Å². The summed E-state index contributed by atoms with van der Waals surface area (Å²) in [5.41, 5.74) is 0. The SMILES string of the molecule is C[PH+](C)c1cccc[c]1[Ge]([c]1ccccc1)[c]1ccccc1[PH+](C)C.C[PH+](C)c1cccc[c]1[Ge]([c]1ccccc1)[c]1ccccc1[PH+](C)C.[Cu].[Cu]. The van der Waals surface area contributed by atoms with E-state index in [0.717, 1.165) is 0 Å². The summed E-state index contributed by atoms with van der Waals surface area (Å²) in [5, 5.41) is 6.51. The molecule has 0 spiro atoms. The van der Waals surface area contributed by atoms with Crippen molar-refractivity contribution in [1.82, 2.24) is 0 Å². The Morgan fingerprint density at radius 1 is 0.269 bits per heavy atom. The Balaban J connectivity index is 0.000000270. The van der Waals surface area contributed by atoms with Gasteiger partial charge in [-0.3, -0.25) is 0 Å². The second-order valence-corrected chi connectivity index (χ2v) is 33.9. The van der Waals surface area contributed by atoms with E-state index in [4.69, 9.17) is 0 Å². The first-order chi connectivity index (χ1) is 24.2. The second-order valence-electron chi connectivity index (χ2n) is 13.7. The van der Waals surface area contributed by atoms with E-state index in [-0.39, 0.29) is 34.1 Å². The van der Waals surface area contributed by atoms with Crippen LogP contribution in [0, 0.1) is 0 Å². The molecule has 0 aliphatic carbocycles. The average Bonchev–Trinajstić information content (AvgIpc) is 3.14. The monoisotopic (exact) mass is 980 g/mol. The van der Waals surface area contributed by atoms with E-state index >= 15 is 0 Å². The Hall–Kier alpha value is -0.835. The van der Waals surface area contributed by atoms with Gasteiger partial charge in [0.05, 0.1) is 0 Å². The first-order valence-corrected chi connectivity index (χ1v) is 33.9. The Morgan fingerprint density at radius 2 is 0.462 bits per heavy atom. The number of hydrogen-bond acceptors (Lipinski definition) is 0. The molecule has 0 aliphatic heterocycles. The molecule has 0 bridgehead atoms. The van der Waals surface area contributed by atoms with Gasteiger partial charge in [0.25, 0.3) is 0 Å². The van der Waals surface area contributed by atoms with Gasteiger partial charge in [0.1, 0.15) is 0 Å². The average molecular weight is 979 g/mol. The van der Waals surface area contributed by atoms with Gasteiger partial charge in [-0.1, -0.05) is 0 Å². The van der Waals surface area contributed by atoms with Crippen molar-refractivity contribution in [3.8, 4) is 0 Å². The number of rotatable bonds is 10. The van der Waals surface area contributed by atoms with Crippen LogP contribution in [0.1, 0.15) is 0 Å². The summed E-state index contributed by atoms with van der Waals surface area (Å²) < 4.78 is 9.75. The molecule has 8 heteroatoms. The zero-order chi connectivity index (χ0) is 35.6. The molecule has 0 atom stereocenters. The molecule has 6 aromatic carbocycles. The zero-order valence-electron chi connectivity index (χ0n) is 31.6. The molecule has 0 saturated carbocycles. The van der Waals surface area contributed by atoms with E-state index < -0.39 is 60.4 Å². The Labute approximate surface area is 350 Å². The summed E-state index contributed by atoms with van der Waals surface area (Å²) in [6, 6.07) is 59.6. The van der Waals surface area contributed by atoms with Crippen molar-refractivity contribution in [3.63, 3.8) is 0 Å². The van der Waals surface area contributed by atoms with Crippen molar-refractivity contribution >= 4 is 108 Å². The van der Waals surface area contributed by atoms with Crippen molar-refractivity contribution in [3.05, 3.63) is 158 Å². The standard InChI is InChI=1S/2C22H25GeP2.2Cu/c2*1-24(2)21-16-10-8-14-19(21)23(18-12-6-5-7-13-18)20-15-9-11-17-22(20)25(3)4;;/h2*5-17H,1-4H3;;/p+4. The van der Waals surface area contributed by atoms with Crippen LogP contribution in [-0.2, 0) is 34.1 Å². The third-order valence-electron chi connectivity index (χ3n) is 9.07. The molecule has 0 N–H and O–H groups in total. The van der Waals surface area contributed by atoms with Gasteiger partial charge < -0.3 is 0 Å². The molecule has 6 rings (SSSR count). The number of benzene rings is 6. The van der Waals surface area contributed by atoms with E-state index in [9.17, 15) is 0 Å². The molecule has 4 radical (unpaired) electrons. The molecule has 0 nitrogen and oxygen atoms in total. The van der Waals surface area contributed by atoms with Crippen LogP contribution in [0.2, 0.25) is 0 Å². The first-order valence-electron chi connectivity index (χ1n) is 17.6. The summed E-state index contributed by atoms with van der Waals surface area (Å²) in [5.74, 6) is 0.